The first kappa shape index (κ1) is 9.14. The van der Waals surface area contributed by atoms with Crippen molar-refractivity contribution in [1.29, 1.82) is 5.26 Å². The average molecular weight is 206 g/mol. The van der Waals surface area contributed by atoms with Crippen LogP contribution in [0.5, 0.6) is 0 Å². The number of rotatable bonds is 0. The molecular weight excluding hydrogens is 196 g/mol. The molecule has 2 aromatic rings. The highest BCUT2D eigenvalue weighted by atomic mass is 14.7. The van der Waals surface area contributed by atoms with Gasteiger partial charge in [-0.3, -0.25) is 0 Å². The van der Waals surface area contributed by atoms with Crippen molar-refractivity contribution in [2.24, 2.45) is 5.73 Å². The van der Waals surface area contributed by atoms with E-state index in [1.807, 2.05) is 36.4 Å². The van der Waals surface area contributed by atoms with Crippen molar-refractivity contribution < 1.29 is 0 Å². The first-order chi connectivity index (χ1) is 7.81. The summed E-state index contributed by atoms with van der Waals surface area (Å²) < 4.78 is 0. The Kier molecular flexibility index (Phi) is 1.82. The molecule has 1 aliphatic rings. The highest BCUT2D eigenvalue weighted by molar-refractivity contribution is 5.79. The summed E-state index contributed by atoms with van der Waals surface area (Å²) in [5.41, 5.74) is 11.4. The summed E-state index contributed by atoms with van der Waals surface area (Å²) >= 11 is 0. The van der Waals surface area contributed by atoms with Crippen LogP contribution in [-0.2, 0) is 0 Å². The number of nitrogens with zero attached hydrogens (tertiary/aromatic N) is 1. The molecule has 0 unspecified atom stereocenters. The molecule has 16 heavy (non-hydrogen) atoms. The quantitative estimate of drug-likeness (QED) is 0.720. The van der Waals surface area contributed by atoms with Gasteiger partial charge < -0.3 is 5.73 Å². The summed E-state index contributed by atoms with van der Waals surface area (Å²) in [7, 11) is 0. The Morgan fingerprint density at radius 3 is 2.56 bits per heavy atom. The highest BCUT2D eigenvalue weighted by Gasteiger charge is 2.25. The molecular formula is C14H10N2. The zero-order valence-corrected chi connectivity index (χ0v) is 8.64. The molecule has 0 amide bonds. The Morgan fingerprint density at radius 1 is 1.00 bits per heavy atom. The van der Waals surface area contributed by atoms with E-state index < -0.39 is 0 Å². The maximum absolute atomic E-state index is 8.90. The van der Waals surface area contributed by atoms with Crippen LogP contribution in [0.25, 0.3) is 11.1 Å². The van der Waals surface area contributed by atoms with Gasteiger partial charge in [-0.1, -0.05) is 30.3 Å². The van der Waals surface area contributed by atoms with E-state index in [4.69, 9.17) is 11.0 Å². The van der Waals surface area contributed by atoms with Crippen molar-refractivity contribution in [3.8, 4) is 17.2 Å². The van der Waals surface area contributed by atoms with Crippen molar-refractivity contribution in [2.45, 2.75) is 6.04 Å². The van der Waals surface area contributed by atoms with Crippen LogP contribution < -0.4 is 5.73 Å². The molecule has 2 heteroatoms. The van der Waals surface area contributed by atoms with Gasteiger partial charge in [-0.25, -0.2) is 0 Å². The molecule has 0 spiro atoms. The normalized spacial score (nSPS) is 16.4. The largest absolute Gasteiger partial charge is 0.320 e. The van der Waals surface area contributed by atoms with E-state index in [1.54, 1.807) is 0 Å². The number of benzene rings is 2. The molecule has 0 saturated heterocycles. The van der Waals surface area contributed by atoms with Crippen LogP contribution in [0.1, 0.15) is 22.7 Å². The molecule has 1 atom stereocenters. The van der Waals surface area contributed by atoms with Gasteiger partial charge in [-0.2, -0.15) is 5.26 Å². The standard InChI is InChI=1S/C14H10N2/c15-8-9-5-6-12-13(7-9)10-3-1-2-4-11(10)14(12)16/h1-7,14H,16H2/t14-/m1/s1. The van der Waals surface area contributed by atoms with Gasteiger partial charge in [0.25, 0.3) is 0 Å². The molecule has 0 fully saturated rings. The topological polar surface area (TPSA) is 49.8 Å². The highest BCUT2D eigenvalue weighted by Crippen LogP contribution is 2.42. The van der Waals surface area contributed by atoms with E-state index in [1.165, 1.54) is 0 Å². The molecule has 0 aliphatic heterocycles. The number of nitrogens with two attached hydrogens (primary N) is 1. The first-order valence-corrected chi connectivity index (χ1v) is 5.20. The number of nitriles is 1. The third kappa shape index (κ3) is 1.09. The van der Waals surface area contributed by atoms with Crippen molar-refractivity contribution in [3.63, 3.8) is 0 Å². The van der Waals surface area contributed by atoms with E-state index in [-0.39, 0.29) is 6.04 Å². The van der Waals surface area contributed by atoms with Gasteiger partial charge in [0.2, 0.25) is 0 Å². The second-order valence-corrected chi connectivity index (χ2v) is 3.98. The molecule has 0 saturated carbocycles. The molecule has 1 aliphatic carbocycles. The Labute approximate surface area is 93.9 Å². The summed E-state index contributed by atoms with van der Waals surface area (Å²) in [4.78, 5) is 0. The van der Waals surface area contributed by atoms with Gasteiger partial charge in [0.15, 0.2) is 0 Å². The van der Waals surface area contributed by atoms with E-state index in [2.05, 4.69) is 12.1 Å². The summed E-state index contributed by atoms with van der Waals surface area (Å²) in [6, 6.07) is 15.9. The number of hydrogen-bond acceptors (Lipinski definition) is 2. The zero-order chi connectivity index (χ0) is 11.1. The van der Waals surface area contributed by atoms with Crippen molar-refractivity contribution in [3.05, 3.63) is 59.2 Å². The number of hydrogen-bond donors (Lipinski definition) is 1. The summed E-state index contributed by atoms with van der Waals surface area (Å²) in [5, 5.41) is 8.90. The van der Waals surface area contributed by atoms with Crippen LogP contribution in [0, 0.1) is 11.3 Å². The second kappa shape index (κ2) is 3.19. The lowest BCUT2D eigenvalue weighted by atomic mass is 10.0. The third-order valence-corrected chi connectivity index (χ3v) is 3.10. The van der Waals surface area contributed by atoms with E-state index in [0.29, 0.717) is 5.56 Å². The van der Waals surface area contributed by atoms with E-state index >= 15 is 0 Å². The van der Waals surface area contributed by atoms with Crippen LogP contribution in [-0.4, -0.2) is 0 Å². The second-order valence-electron chi connectivity index (χ2n) is 3.98. The SMILES string of the molecule is N#Cc1ccc2c(c1)-c1ccccc1[C@H]2N. The smallest absolute Gasteiger partial charge is 0.0991 e. The molecule has 76 valence electrons. The maximum Gasteiger partial charge on any atom is 0.0991 e. The van der Waals surface area contributed by atoms with Gasteiger partial charge in [-0.15, -0.1) is 0 Å². The third-order valence-electron chi connectivity index (χ3n) is 3.10. The lowest BCUT2D eigenvalue weighted by molar-refractivity contribution is 0.901. The van der Waals surface area contributed by atoms with Crippen LogP contribution in [0.15, 0.2) is 42.5 Å². The maximum atomic E-state index is 8.90. The fourth-order valence-electron chi connectivity index (χ4n) is 2.31. The summed E-state index contributed by atoms with van der Waals surface area (Å²) in [6.45, 7) is 0. The predicted molar refractivity (Wildman–Crippen MR) is 62.6 cm³/mol. The average Bonchev–Trinajstić information content (AvgIpc) is 2.64. The Morgan fingerprint density at radius 2 is 1.75 bits per heavy atom. The zero-order valence-electron chi connectivity index (χ0n) is 8.64. The molecule has 2 nitrogen and oxygen atoms in total. The molecule has 0 heterocycles. The Bertz CT molecular complexity index is 608. The minimum atomic E-state index is -0.0565. The summed E-state index contributed by atoms with van der Waals surface area (Å²) in [5.74, 6) is 0. The Balaban J connectivity index is 2.32. The van der Waals surface area contributed by atoms with Gasteiger partial charge in [0.1, 0.15) is 0 Å². The van der Waals surface area contributed by atoms with Gasteiger partial charge >= 0.3 is 0 Å². The van der Waals surface area contributed by atoms with Gasteiger partial charge in [-0.05, 0) is 34.4 Å². The molecule has 2 aromatic carbocycles. The van der Waals surface area contributed by atoms with E-state index in [0.717, 1.165) is 22.3 Å². The minimum Gasteiger partial charge on any atom is -0.320 e. The van der Waals surface area contributed by atoms with Crippen LogP contribution >= 0.6 is 0 Å². The lowest BCUT2D eigenvalue weighted by Gasteiger charge is -2.05. The molecule has 0 aromatic heterocycles. The van der Waals surface area contributed by atoms with Crippen molar-refractivity contribution in [2.75, 3.05) is 0 Å². The molecule has 0 radical (unpaired) electrons. The van der Waals surface area contributed by atoms with Crippen LogP contribution in [0.4, 0.5) is 0 Å². The fraction of sp³-hybridized carbons (Fsp3) is 0.0714. The molecule has 0 bridgehead atoms. The van der Waals surface area contributed by atoms with Crippen LogP contribution in [0.3, 0.4) is 0 Å². The van der Waals surface area contributed by atoms with Crippen molar-refractivity contribution >= 4 is 0 Å². The molecule has 3 rings (SSSR count). The predicted octanol–water partition coefficient (Wildman–Crippen LogP) is 2.59. The lowest BCUT2D eigenvalue weighted by Crippen LogP contribution is -2.07. The first-order valence-electron chi connectivity index (χ1n) is 5.20. The van der Waals surface area contributed by atoms with Crippen LogP contribution in [0.2, 0.25) is 0 Å². The Hall–Kier alpha value is -2.11. The number of fused-ring (bicyclic) bond motifs is 3. The van der Waals surface area contributed by atoms with Crippen molar-refractivity contribution in [1.82, 2.24) is 0 Å². The summed E-state index contributed by atoms with van der Waals surface area (Å²) in [6.07, 6.45) is 0. The monoisotopic (exact) mass is 206 g/mol. The fourth-order valence-corrected chi connectivity index (χ4v) is 2.31. The molecule has 2 N–H and O–H groups in total. The minimum absolute atomic E-state index is 0.0565. The van der Waals surface area contributed by atoms with Gasteiger partial charge in [0, 0.05) is 0 Å². The van der Waals surface area contributed by atoms with E-state index in [9.17, 15) is 0 Å². The van der Waals surface area contributed by atoms with Gasteiger partial charge in [0.05, 0.1) is 17.7 Å².